The maximum absolute atomic E-state index is 12.6. The Kier molecular flexibility index (Phi) is 4.48. The predicted octanol–water partition coefficient (Wildman–Crippen LogP) is 5.85. The summed E-state index contributed by atoms with van der Waals surface area (Å²) >= 11 is 0. The zero-order chi connectivity index (χ0) is 23.4. The van der Waals surface area contributed by atoms with Crippen LogP contribution in [-0.4, -0.2) is 27.8 Å². The number of aromatic nitrogens is 3. The standard InChI is InChI=1S/C28H21N3O3/c1-16(28(32)33-3)24-22-15-20-10-6-7-11-23(20)29-26(22)34-27-25(24)17(2)30-31(27)21-13-12-18-8-4-5-9-19(18)14-21/h4-15,24H,1H2,2-3H3/t24-/m0/s1. The van der Waals surface area contributed by atoms with Crippen molar-refractivity contribution < 1.29 is 14.3 Å². The second-order valence-corrected chi connectivity index (χ2v) is 8.37. The second kappa shape index (κ2) is 7.56. The minimum atomic E-state index is -0.488. The van der Waals surface area contributed by atoms with Gasteiger partial charge in [-0.3, -0.25) is 0 Å². The van der Waals surface area contributed by atoms with E-state index >= 15 is 0 Å². The van der Waals surface area contributed by atoms with Crippen LogP contribution in [0.3, 0.4) is 0 Å². The van der Waals surface area contributed by atoms with Gasteiger partial charge in [0, 0.05) is 16.5 Å². The molecule has 1 aliphatic heterocycles. The molecule has 6 rings (SSSR count). The molecular formula is C28H21N3O3. The Morgan fingerprint density at radius 1 is 1.00 bits per heavy atom. The minimum absolute atomic E-state index is 0.312. The first-order valence-electron chi connectivity index (χ1n) is 11.0. The number of para-hydroxylation sites is 1. The number of rotatable bonds is 3. The van der Waals surface area contributed by atoms with E-state index < -0.39 is 11.9 Å². The van der Waals surface area contributed by atoms with Gasteiger partial charge in [0.15, 0.2) is 0 Å². The van der Waals surface area contributed by atoms with Crippen LogP contribution in [0, 0.1) is 6.92 Å². The number of esters is 1. The Labute approximate surface area is 196 Å². The van der Waals surface area contributed by atoms with Gasteiger partial charge in [-0.15, -0.1) is 0 Å². The quantitative estimate of drug-likeness (QED) is 0.256. The number of nitrogens with zero attached hydrogens (tertiary/aromatic N) is 3. The van der Waals surface area contributed by atoms with Crippen molar-refractivity contribution in [3.8, 4) is 17.4 Å². The van der Waals surface area contributed by atoms with Gasteiger partial charge in [-0.05, 0) is 42.0 Å². The average Bonchev–Trinajstić information content (AvgIpc) is 3.20. The number of aryl methyl sites for hydroxylation is 1. The van der Waals surface area contributed by atoms with Crippen LogP contribution in [0.4, 0.5) is 0 Å². The maximum atomic E-state index is 12.6. The molecule has 0 fully saturated rings. The van der Waals surface area contributed by atoms with Crippen LogP contribution >= 0.6 is 0 Å². The van der Waals surface area contributed by atoms with Crippen LogP contribution in [-0.2, 0) is 9.53 Å². The van der Waals surface area contributed by atoms with Gasteiger partial charge in [-0.1, -0.05) is 55.1 Å². The largest absolute Gasteiger partial charge is 0.466 e. The van der Waals surface area contributed by atoms with Gasteiger partial charge in [0.05, 0.1) is 35.5 Å². The Balaban J connectivity index is 1.59. The van der Waals surface area contributed by atoms with Crippen molar-refractivity contribution in [1.82, 2.24) is 14.8 Å². The van der Waals surface area contributed by atoms with Crippen molar-refractivity contribution in [2.45, 2.75) is 12.8 Å². The molecule has 0 bridgehead atoms. The molecule has 0 spiro atoms. The van der Waals surface area contributed by atoms with E-state index in [1.165, 1.54) is 7.11 Å². The van der Waals surface area contributed by atoms with Gasteiger partial charge < -0.3 is 9.47 Å². The molecule has 0 aliphatic carbocycles. The first-order chi connectivity index (χ1) is 16.5. The summed E-state index contributed by atoms with van der Waals surface area (Å²) in [5.74, 6) is -0.00589. The molecule has 5 aromatic rings. The lowest BCUT2D eigenvalue weighted by Gasteiger charge is -2.27. The summed E-state index contributed by atoms with van der Waals surface area (Å²) in [6.45, 7) is 6.01. The third-order valence-electron chi connectivity index (χ3n) is 6.35. The minimum Gasteiger partial charge on any atom is -0.466 e. The van der Waals surface area contributed by atoms with Crippen molar-refractivity contribution in [3.63, 3.8) is 0 Å². The van der Waals surface area contributed by atoms with Crippen LogP contribution in [0.15, 0.2) is 84.9 Å². The van der Waals surface area contributed by atoms with Crippen molar-refractivity contribution >= 4 is 27.6 Å². The van der Waals surface area contributed by atoms with Gasteiger partial charge >= 0.3 is 5.97 Å². The lowest BCUT2D eigenvalue weighted by molar-refractivity contribution is -0.136. The topological polar surface area (TPSA) is 66.2 Å². The molecule has 34 heavy (non-hydrogen) atoms. The third kappa shape index (κ3) is 2.99. The molecule has 0 N–H and O–H groups in total. The molecule has 0 saturated heterocycles. The van der Waals surface area contributed by atoms with Crippen LogP contribution in [0.25, 0.3) is 27.4 Å². The molecule has 166 valence electrons. The smallest absolute Gasteiger partial charge is 0.334 e. The van der Waals surface area contributed by atoms with E-state index in [2.05, 4.69) is 30.8 Å². The Morgan fingerprint density at radius 2 is 1.74 bits per heavy atom. The van der Waals surface area contributed by atoms with E-state index in [1.54, 1.807) is 4.68 Å². The molecule has 0 saturated carbocycles. The van der Waals surface area contributed by atoms with E-state index in [4.69, 9.17) is 19.6 Å². The lowest BCUT2D eigenvalue weighted by atomic mass is 9.84. The molecule has 1 atom stereocenters. The summed E-state index contributed by atoms with van der Waals surface area (Å²) in [5, 5.41) is 8.00. The van der Waals surface area contributed by atoms with Gasteiger partial charge in [0.2, 0.25) is 11.8 Å². The predicted molar refractivity (Wildman–Crippen MR) is 131 cm³/mol. The van der Waals surface area contributed by atoms with Crippen molar-refractivity contribution in [1.29, 1.82) is 0 Å². The summed E-state index contributed by atoms with van der Waals surface area (Å²) < 4.78 is 13.2. The molecule has 1 aliphatic rings. The monoisotopic (exact) mass is 447 g/mol. The number of fused-ring (bicyclic) bond motifs is 4. The molecule has 2 aromatic heterocycles. The number of carbonyl (C=O) groups excluding carboxylic acids is 1. The van der Waals surface area contributed by atoms with E-state index in [9.17, 15) is 4.79 Å². The number of benzene rings is 3. The zero-order valence-corrected chi connectivity index (χ0v) is 18.8. The van der Waals surface area contributed by atoms with Gasteiger partial charge in [-0.2, -0.15) is 5.10 Å². The van der Waals surface area contributed by atoms with Crippen LogP contribution < -0.4 is 4.74 Å². The summed E-state index contributed by atoms with van der Waals surface area (Å²) in [4.78, 5) is 17.4. The molecule has 0 amide bonds. The Hall–Kier alpha value is -4.45. The fraction of sp³-hybridized carbons (Fsp3) is 0.107. The first kappa shape index (κ1) is 20.2. The number of pyridine rings is 1. The highest BCUT2D eigenvalue weighted by molar-refractivity contribution is 5.92. The van der Waals surface area contributed by atoms with Crippen molar-refractivity contribution in [2.24, 2.45) is 0 Å². The normalized spacial score (nSPS) is 14.4. The molecule has 0 unspecified atom stereocenters. The summed E-state index contributed by atoms with van der Waals surface area (Å²) in [6, 6.07) is 24.1. The number of methoxy groups -OCH3 is 1. The van der Waals surface area contributed by atoms with Gasteiger partial charge in [0.25, 0.3) is 0 Å². The third-order valence-corrected chi connectivity index (χ3v) is 6.35. The van der Waals surface area contributed by atoms with E-state index in [0.29, 0.717) is 17.3 Å². The second-order valence-electron chi connectivity index (χ2n) is 8.37. The van der Waals surface area contributed by atoms with E-state index in [-0.39, 0.29) is 0 Å². The highest BCUT2D eigenvalue weighted by atomic mass is 16.5. The first-order valence-corrected chi connectivity index (χ1v) is 11.0. The summed E-state index contributed by atoms with van der Waals surface area (Å²) in [6.07, 6.45) is 0. The molecule has 3 heterocycles. The van der Waals surface area contributed by atoms with Gasteiger partial charge in [0.1, 0.15) is 0 Å². The van der Waals surface area contributed by atoms with Crippen LogP contribution in [0.5, 0.6) is 11.8 Å². The summed E-state index contributed by atoms with van der Waals surface area (Å²) in [5.41, 5.74) is 4.27. The maximum Gasteiger partial charge on any atom is 0.334 e. The summed E-state index contributed by atoms with van der Waals surface area (Å²) in [7, 11) is 1.36. The number of carbonyl (C=O) groups is 1. The number of hydrogen-bond acceptors (Lipinski definition) is 5. The fourth-order valence-electron chi connectivity index (χ4n) is 4.69. The molecule has 0 radical (unpaired) electrons. The average molecular weight is 447 g/mol. The molecular weight excluding hydrogens is 426 g/mol. The highest BCUT2D eigenvalue weighted by Crippen LogP contribution is 2.49. The lowest BCUT2D eigenvalue weighted by Crippen LogP contribution is -2.19. The highest BCUT2D eigenvalue weighted by Gasteiger charge is 2.38. The molecule has 6 heteroatoms. The number of ether oxygens (including phenoxy) is 2. The van der Waals surface area contributed by atoms with Crippen molar-refractivity contribution in [3.05, 3.63) is 102 Å². The molecule has 3 aromatic carbocycles. The zero-order valence-electron chi connectivity index (χ0n) is 18.8. The van der Waals surface area contributed by atoms with E-state index in [1.807, 2.05) is 55.5 Å². The van der Waals surface area contributed by atoms with Crippen molar-refractivity contribution in [2.75, 3.05) is 7.11 Å². The van der Waals surface area contributed by atoms with E-state index in [0.717, 1.165) is 44.2 Å². The Bertz CT molecular complexity index is 1630. The van der Waals surface area contributed by atoms with Crippen LogP contribution in [0.2, 0.25) is 0 Å². The Morgan fingerprint density at radius 3 is 2.53 bits per heavy atom. The SMILES string of the molecule is C=C(C(=O)OC)[C@H]1c2cc3ccccc3nc2Oc2c1c(C)nn2-c1ccc2ccccc2c1. The fourth-order valence-corrected chi connectivity index (χ4v) is 4.69. The van der Waals surface area contributed by atoms with Gasteiger partial charge in [-0.25, -0.2) is 14.5 Å². The van der Waals surface area contributed by atoms with Crippen LogP contribution in [0.1, 0.15) is 22.7 Å². The molecule has 6 nitrogen and oxygen atoms in total. The number of hydrogen-bond donors (Lipinski definition) is 0.